The van der Waals surface area contributed by atoms with Gasteiger partial charge in [0.15, 0.2) is 15.5 Å². The zero-order chi connectivity index (χ0) is 15.6. The topological polar surface area (TPSA) is 102 Å². The van der Waals surface area contributed by atoms with Crippen molar-refractivity contribution in [2.75, 3.05) is 12.9 Å². The minimum absolute atomic E-state index is 0.0518. The third kappa shape index (κ3) is 3.30. The van der Waals surface area contributed by atoms with Crippen LogP contribution in [0.15, 0.2) is 27.6 Å². The monoisotopic (exact) mass is 373 g/mol. The molecule has 0 aliphatic carbocycles. The van der Waals surface area contributed by atoms with Gasteiger partial charge in [-0.2, -0.15) is 10.3 Å². The number of aromatic nitrogens is 3. The standard InChI is InChI=1S/C12H12BrN3O4S/c1-3-20-12(17)11-10(14-16-15-11)8-5-4-7(13)6-9(8)21(2,18)19/h4-6H,3H2,1-2H3,(H,14,15,16). The normalized spacial score (nSPS) is 11.4. The first-order valence-corrected chi connectivity index (χ1v) is 8.61. The second-order valence-electron chi connectivity index (χ2n) is 4.15. The molecule has 1 aromatic carbocycles. The quantitative estimate of drug-likeness (QED) is 0.819. The number of hydrogen-bond acceptors (Lipinski definition) is 6. The number of hydrogen-bond donors (Lipinski definition) is 1. The lowest BCUT2D eigenvalue weighted by molar-refractivity contribution is 0.0520. The fraction of sp³-hybridized carbons (Fsp3) is 0.250. The number of rotatable bonds is 4. The lowest BCUT2D eigenvalue weighted by Gasteiger charge is -2.07. The van der Waals surface area contributed by atoms with E-state index in [-0.39, 0.29) is 28.5 Å². The number of halogens is 1. The van der Waals surface area contributed by atoms with Crippen molar-refractivity contribution in [2.45, 2.75) is 11.8 Å². The maximum absolute atomic E-state index is 11.9. The van der Waals surface area contributed by atoms with Gasteiger partial charge in [0.2, 0.25) is 0 Å². The third-order valence-electron chi connectivity index (χ3n) is 2.61. The Hall–Kier alpha value is -1.74. The average molecular weight is 374 g/mol. The first-order valence-electron chi connectivity index (χ1n) is 5.92. The molecule has 112 valence electrons. The van der Waals surface area contributed by atoms with Crippen LogP contribution in [0.5, 0.6) is 0 Å². The van der Waals surface area contributed by atoms with E-state index in [4.69, 9.17) is 4.74 Å². The highest BCUT2D eigenvalue weighted by Gasteiger charge is 2.24. The Kier molecular flexibility index (Phi) is 4.43. The Morgan fingerprint density at radius 1 is 1.38 bits per heavy atom. The first kappa shape index (κ1) is 15.6. The molecule has 0 aliphatic heterocycles. The molecule has 0 spiro atoms. The predicted molar refractivity (Wildman–Crippen MR) is 78.6 cm³/mol. The van der Waals surface area contributed by atoms with Crippen LogP contribution in [0, 0.1) is 0 Å². The van der Waals surface area contributed by atoms with Gasteiger partial charge in [0, 0.05) is 16.3 Å². The van der Waals surface area contributed by atoms with E-state index >= 15 is 0 Å². The number of ether oxygens (including phenoxy) is 1. The summed E-state index contributed by atoms with van der Waals surface area (Å²) in [5, 5.41) is 9.94. The van der Waals surface area contributed by atoms with Crippen LogP contribution in [0.25, 0.3) is 11.3 Å². The number of sulfone groups is 1. The van der Waals surface area contributed by atoms with Crippen LogP contribution in [0.2, 0.25) is 0 Å². The smallest absolute Gasteiger partial charge is 0.361 e. The number of esters is 1. The number of carbonyl (C=O) groups is 1. The molecule has 1 heterocycles. The van der Waals surface area contributed by atoms with Gasteiger partial charge in [0.25, 0.3) is 0 Å². The summed E-state index contributed by atoms with van der Waals surface area (Å²) in [6.45, 7) is 1.85. The van der Waals surface area contributed by atoms with Crippen molar-refractivity contribution < 1.29 is 17.9 Å². The highest BCUT2D eigenvalue weighted by atomic mass is 79.9. The minimum Gasteiger partial charge on any atom is -0.461 e. The predicted octanol–water partition coefficient (Wildman–Crippen LogP) is 1.81. The van der Waals surface area contributed by atoms with E-state index in [0.29, 0.717) is 4.47 Å². The molecule has 0 fully saturated rings. The lowest BCUT2D eigenvalue weighted by Crippen LogP contribution is -2.08. The van der Waals surface area contributed by atoms with Crippen molar-refractivity contribution >= 4 is 31.7 Å². The van der Waals surface area contributed by atoms with Crippen LogP contribution >= 0.6 is 15.9 Å². The molecule has 0 radical (unpaired) electrons. The molecule has 0 atom stereocenters. The average Bonchev–Trinajstić information content (AvgIpc) is 2.87. The summed E-state index contributed by atoms with van der Waals surface area (Å²) in [5.41, 5.74) is 0.378. The number of benzene rings is 1. The number of carbonyl (C=O) groups excluding carboxylic acids is 1. The number of aromatic amines is 1. The Bertz CT molecular complexity index is 786. The molecule has 0 unspecified atom stereocenters. The van der Waals surface area contributed by atoms with Crippen LogP contribution < -0.4 is 0 Å². The summed E-state index contributed by atoms with van der Waals surface area (Å²) < 4.78 is 29.3. The number of nitrogens with zero attached hydrogens (tertiary/aromatic N) is 2. The Balaban J connectivity index is 2.64. The van der Waals surface area contributed by atoms with Crippen LogP contribution in [0.3, 0.4) is 0 Å². The highest BCUT2D eigenvalue weighted by molar-refractivity contribution is 9.10. The largest absolute Gasteiger partial charge is 0.461 e. The summed E-state index contributed by atoms with van der Waals surface area (Å²) in [4.78, 5) is 11.9. The lowest BCUT2D eigenvalue weighted by atomic mass is 10.1. The zero-order valence-corrected chi connectivity index (χ0v) is 13.7. The molecule has 0 saturated heterocycles. The molecular weight excluding hydrogens is 362 g/mol. The zero-order valence-electron chi connectivity index (χ0n) is 11.3. The van der Waals surface area contributed by atoms with Crippen molar-refractivity contribution in [2.24, 2.45) is 0 Å². The minimum atomic E-state index is -3.50. The molecule has 0 bridgehead atoms. The van der Waals surface area contributed by atoms with Crippen LogP contribution in [0.4, 0.5) is 0 Å². The maximum Gasteiger partial charge on any atom is 0.361 e. The van der Waals surface area contributed by atoms with E-state index in [9.17, 15) is 13.2 Å². The van der Waals surface area contributed by atoms with E-state index < -0.39 is 15.8 Å². The van der Waals surface area contributed by atoms with Gasteiger partial charge in [-0.3, -0.25) is 0 Å². The molecular formula is C12H12BrN3O4S. The third-order valence-corrected chi connectivity index (χ3v) is 4.24. The van der Waals surface area contributed by atoms with Gasteiger partial charge in [-0.25, -0.2) is 13.2 Å². The Labute approximate surface area is 129 Å². The molecule has 0 saturated carbocycles. The molecule has 0 amide bonds. The van der Waals surface area contributed by atoms with Gasteiger partial charge in [-0.15, -0.1) is 5.10 Å². The van der Waals surface area contributed by atoms with Crippen molar-refractivity contribution in [3.05, 3.63) is 28.4 Å². The second-order valence-corrected chi connectivity index (χ2v) is 7.05. The molecule has 7 nitrogen and oxygen atoms in total. The molecule has 2 aromatic rings. The summed E-state index contributed by atoms with van der Waals surface area (Å²) >= 11 is 3.22. The molecule has 0 aliphatic rings. The fourth-order valence-corrected chi connectivity index (χ4v) is 3.18. The van der Waals surface area contributed by atoms with Crippen LogP contribution in [-0.4, -0.2) is 42.7 Å². The summed E-state index contributed by atoms with van der Waals surface area (Å²) in [7, 11) is -3.50. The summed E-state index contributed by atoms with van der Waals surface area (Å²) in [5.74, 6) is -0.663. The Morgan fingerprint density at radius 3 is 2.71 bits per heavy atom. The van der Waals surface area contributed by atoms with Gasteiger partial charge < -0.3 is 4.74 Å². The van der Waals surface area contributed by atoms with E-state index in [2.05, 4.69) is 31.3 Å². The number of H-pyrrole nitrogens is 1. The van der Waals surface area contributed by atoms with Gasteiger partial charge in [-0.05, 0) is 19.1 Å². The molecule has 1 N–H and O–H groups in total. The van der Waals surface area contributed by atoms with Crippen LogP contribution in [-0.2, 0) is 14.6 Å². The van der Waals surface area contributed by atoms with Crippen LogP contribution in [0.1, 0.15) is 17.4 Å². The molecule has 9 heteroatoms. The van der Waals surface area contributed by atoms with Gasteiger partial charge in [0.05, 0.1) is 11.5 Å². The number of nitrogens with one attached hydrogen (secondary N) is 1. The molecule has 1 aromatic heterocycles. The Morgan fingerprint density at radius 2 is 2.10 bits per heavy atom. The van der Waals surface area contributed by atoms with E-state index in [1.165, 1.54) is 6.07 Å². The van der Waals surface area contributed by atoms with Crippen molar-refractivity contribution in [3.8, 4) is 11.3 Å². The molecule has 21 heavy (non-hydrogen) atoms. The van der Waals surface area contributed by atoms with Crippen molar-refractivity contribution in [3.63, 3.8) is 0 Å². The van der Waals surface area contributed by atoms with Gasteiger partial charge in [0.1, 0.15) is 5.69 Å². The maximum atomic E-state index is 11.9. The highest BCUT2D eigenvalue weighted by Crippen LogP contribution is 2.30. The van der Waals surface area contributed by atoms with Gasteiger partial charge >= 0.3 is 5.97 Å². The second kappa shape index (κ2) is 5.94. The van der Waals surface area contributed by atoms with Gasteiger partial charge in [-0.1, -0.05) is 22.0 Å². The SMILES string of the molecule is CCOC(=O)c1n[nH]nc1-c1ccc(Br)cc1S(C)(=O)=O. The fourth-order valence-electron chi connectivity index (χ4n) is 1.76. The van der Waals surface area contributed by atoms with Crippen molar-refractivity contribution in [1.82, 2.24) is 15.4 Å². The van der Waals surface area contributed by atoms with Crippen molar-refractivity contribution in [1.29, 1.82) is 0 Å². The van der Waals surface area contributed by atoms with E-state index in [1.54, 1.807) is 19.1 Å². The summed E-state index contributed by atoms with van der Waals surface area (Å²) in [6.07, 6.45) is 1.09. The van der Waals surface area contributed by atoms with E-state index in [1.807, 2.05) is 0 Å². The first-order chi connectivity index (χ1) is 9.84. The molecule has 2 rings (SSSR count). The summed E-state index contributed by atoms with van der Waals surface area (Å²) in [6, 6.07) is 4.67. The van der Waals surface area contributed by atoms with E-state index in [0.717, 1.165) is 6.26 Å².